The van der Waals surface area contributed by atoms with Crippen LogP contribution < -0.4 is 0 Å². The Hall–Kier alpha value is -2.73. The summed E-state index contributed by atoms with van der Waals surface area (Å²) < 4.78 is 0. The fourth-order valence-corrected chi connectivity index (χ4v) is 3.12. The van der Waals surface area contributed by atoms with Crippen LogP contribution in [0.2, 0.25) is 0 Å². The lowest BCUT2D eigenvalue weighted by molar-refractivity contribution is 0.0624. The van der Waals surface area contributed by atoms with Crippen LogP contribution in [0.4, 0.5) is 0 Å². The molecule has 4 rings (SSSR count). The van der Waals surface area contributed by atoms with E-state index in [-0.39, 0.29) is 5.91 Å². The Balaban J connectivity index is 1.41. The third kappa shape index (κ3) is 2.88. The van der Waals surface area contributed by atoms with E-state index in [4.69, 9.17) is 0 Å². The summed E-state index contributed by atoms with van der Waals surface area (Å²) in [6, 6.07) is 12.3. The zero-order valence-corrected chi connectivity index (χ0v) is 13.4. The summed E-state index contributed by atoms with van der Waals surface area (Å²) in [5.74, 6) is -0.0198. The summed E-state index contributed by atoms with van der Waals surface area (Å²) in [7, 11) is 0. The van der Waals surface area contributed by atoms with Crippen molar-refractivity contribution in [2.75, 3.05) is 26.2 Å². The van der Waals surface area contributed by atoms with E-state index in [9.17, 15) is 4.79 Å². The van der Waals surface area contributed by atoms with Crippen molar-refractivity contribution in [1.82, 2.24) is 25.0 Å². The Morgan fingerprint density at radius 2 is 1.88 bits per heavy atom. The molecule has 1 N–H and O–H groups in total. The maximum absolute atomic E-state index is 12.7. The van der Waals surface area contributed by atoms with Crippen LogP contribution in [0.25, 0.3) is 10.9 Å². The number of H-pyrrole nitrogens is 1. The van der Waals surface area contributed by atoms with Gasteiger partial charge in [0, 0.05) is 45.1 Å². The number of benzene rings is 1. The second kappa shape index (κ2) is 6.41. The van der Waals surface area contributed by atoms with Crippen molar-refractivity contribution in [3.8, 4) is 0 Å². The van der Waals surface area contributed by atoms with Crippen molar-refractivity contribution >= 4 is 16.8 Å². The van der Waals surface area contributed by atoms with E-state index in [0.717, 1.165) is 43.6 Å². The third-order valence-electron chi connectivity index (χ3n) is 4.48. The van der Waals surface area contributed by atoms with Crippen molar-refractivity contribution in [3.63, 3.8) is 0 Å². The number of hydrogen-bond acceptors (Lipinski definition) is 4. The minimum atomic E-state index is -0.0198. The van der Waals surface area contributed by atoms with Gasteiger partial charge in [-0.1, -0.05) is 30.3 Å². The first-order valence-electron chi connectivity index (χ1n) is 8.15. The van der Waals surface area contributed by atoms with Gasteiger partial charge >= 0.3 is 0 Å². The van der Waals surface area contributed by atoms with Crippen LogP contribution in [0.5, 0.6) is 0 Å². The average Bonchev–Trinajstić information content (AvgIpc) is 3.07. The molecule has 1 amide bonds. The van der Waals surface area contributed by atoms with E-state index in [1.165, 1.54) is 5.56 Å². The molecule has 24 heavy (non-hydrogen) atoms. The number of pyridine rings is 1. The molecule has 1 aromatic carbocycles. The number of nitrogens with one attached hydrogen (secondary N) is 1. The van der Waals surface area contributed by atoms with Crippen LogP contribution in [-0.4, -0.2) is 57.1 Å². The summed E-state index contributed by atoms with van der Waals surface area (Å²) in [6.45, 7) is 4.13. The molecular weight excluding hydrogens is 302 g/mol. The molecule has 0 bridgehead atoms. The van der Waals surface area contributed by atoms with Gasteiger partial charge in [0.15, 0.2) is 5.69 Å². The van der Waals surface area contributed by atoms with Crippen LogP contribution in [0.1, 0.15) is 16.1 Å². The predicted octanol–water partition coefficient (Wildman–Crippen LogP) is 1.92. The first-order valence-corrected chi connectivity index (χ1v) is 8.15. The van der Waals surface area contributed by atoms with Gasteiger partial charge in [-0.3, -0.25) is 19.8 Å². The summed E-state index contributed by atoms with van der Waals surface area (Å²) in [4.78, 5) is 21.1. The van der Waals surface area contributed by atoms with Gasteiger partial charge in [0.1, 0.15) is 0 Å². The number of aromatic nitrogens is 3. The van der Waals surface area contributed by atoms with Crippen molar-refractivity contribution in [3.05, 3.63) is 60.0 Å². The number of carbonyl (C=O) groups excluding carboxylic acids is 1. The molecule has 1 aliphatic rings. The SMILES string of the molecule is O=C(c1n[nH]c2ccncc12)N1CCN(Cc2ccccc2)CC1. The smallest absolute Gasteiger partial charge is 0.275 e. The van der Waals surface area contributed by atoms with E-state index in [1.54, 1.807) is 12.4 Å². The molecule has 6 nitrogen and oxygen atoms in total. The van der Waals surface area contributed by atoms with Crippen LogP contribution in [0, 0.1) is 0 Å². The molecule has 0 unspecified atom stereocenters. The number of nitrogens with zero attached hydrogens (tertiary/aromatic N) is 4. The average molecular weight is 321 g/mol. The molecule has 3 heterocycles. The van der Waals surface area contributed by atoms with Crippen LogP contribution >= 0.6 is 0 Å². The second-order valence-electron chi connectivity index (χ2n) is 6.05. The number of piperazine rings is 1. The molecule has 1 saturated heterocycles. The first-order chi connectivity index (χ1) is 11.8. The fourth-order valence-electron chi connectivity index (χ4n) is 3.12. The summed E-state index contributed by atoms with van der Waals surface area (Å²) in [6.07, 6.45) is 3.38. The number of amides is 1. The van der Waals surface area contributed by atoms with Gasteiger partial charge in [-0.2, -0.15) is 5.10 Å². The van der Waals surface area contributed by atoms with Gasteiger partial charge in [-0.25, -0.2) is 0 Å². The van der Waals surface area contributed by atoms with Crippen molar-refractivity contribution < 1.29 is 4.79 Å². The third-order valence-corrected chi connectivity index (χ3v) is 4.48. The largest absolute Gasteiger partial charge is 0.335 e. The zero-order chi connectivity index (χ0) is 16.4. The number of fused-ring (bicyclic) bond motifs is 1. The summed E-state index contributed by atoms with van der Waals surface area (Å²) in [5.41, 5.74) is 2.62. The van der Waals surface area contributed by atoms with Crippen LogP contribution in [-0.2, 0) is 6.54 Å². The van der Waals surface area contributed by atoms with Gasteiger partial charge in [-0.15, -0.1) is 0 Å². The first kappa shape index (κ1) is 14.8. The topological polar surface area (TPSA) is 65.1 Å². The van der Waals surface area contributed by atoms with Crippen LogP contribution in [0.3, 0.4) is 0 Å². The van der Waals surface area contributed by atoms with Crippen molar-refractivity contribution in [2.24, 2.45) is 0 Å². The molecule has 0 atom stereocenters. The maximum atomic E-state index is 12.7. The van der Waals surface area contributed by atoms with Gasteiger partial charge < -0.3 is 4.90 Å². The summed E-state index contributed by atoms with van der Waals surface area (Å²) >= 11 is 0. The molecule has 0 aliphatic carbocycles. The van der Waals surface area contributed by atoms with Gasteiger partial charge in [0.05, 0.1) is 10.9 Å². The molecule has 122 valence electrons. The number of aromatic amines is 1. The van der Waals surface area contributed by atoms with E-state index >= 15 is 0 Å². The lowest BCUT2D eigenvalue weighted by atomic mass is 10.2. The second-order valence-corrected chi connectivity index (χ2v) is 6.05. The van der Waals surface area contributed by atoms with Gasteiger partial charge in [-0.05, 0) is 11.6 Å². The van der Waals surface area contributed by atoms with Crippen LogP contribution in [0.15, 0.2) is 48.8 Å². The summed E-state index contributed by atoms with van der Waals surface area (Å²) in [5, 5.41) is 7.88. The van der Waals surface area contributed by atoms with Crippen molar-refractivity contribution in [1.29, 1.82) is 0 Å². The molecular formula is C18H19N5O. The van der Waals surface area contributed by atoms with E-state index < -0.39 is 0 Å². The molecule has 1 fully saturated rings. The Bertz CT molecular complexity index is 837. The number of rotatable bonds is 3. The molecule has 0 spiro atoms. The Morgan fingerprint density at radius 1 is 1.08 bits per heavy atom. The molecule has 3 aromatic rings. The Labute approximate surface area is 140 Å². The molecule has 6 heteroatoms. The zero-order valence-electron chi connectivity index (χ0n) is 13.4. The van der Waals surface area contributed by atoms with Crippen molar-refractivity contribution in [2.45, 2.75) is 6.54 Å². The molecule has 1 aliphatic heterocycles. The molecule has 0 saturated carbocycles. The minimum Gasteiger partial charge on any atom is -0.335 e. The highest BCUT2D eigenvalue weighted by Gasteiger charge is 2.25. The van der Waals surface area contributed by atoms with E-state index in [2.05, 4.69) is 44.3 Å². The lowest BCUT2D eigenvalue weighted by Gasteiger charge is -2.34. The highest BCUT2D eigenvalue weighted by atomic mass is 16.2. The number of hydrogen-bond donors (Lipinski definition) is 1. The minimum absolute atomic E-state index is 0.0198. The lowest BCUT2D eigenvalue weighted by Crippen LogP contribution is -2.48. The molecule has 2 aromatic heterocycles. The predicted molar refractivity (Wildman–Crippen MR) is 91.5 cm³/mol. The maximum Gasteiger partial charge on any atom is 0.275 e. The van der Waals surface area contributed by atoms with Gasteiger partial charge in [0.2, 0.25) is 0 Å². The number of carbonyl (C=O) groups is 1. The normalized spacial score (nSPS) is 15.8. The highest BCUT2D eigenvalue weighted by molar-refractivity contribution is 6.04. The quantitative estimate of drug-likeness (QED) is 0.800. The fraction of sp³-hybridized carbons (Fsp3) is 0.278. The van der Waals surface area contributed by atoms with E-state index in [0.29, 0.717) is 5.69 Å². The molecule has 0 radical (unpaired) electrons. The standard InChI is InChI=1S/C18H19N5O/c24-18(17-15-12-19-7-6-16(15)20-21-17)23-10-8-22(9-11-23)13-14-4-2-1-3-5-14/h1-7,12H,8-11,13H2,(H,20,21). The monoisotopic (exact) mass is 321 g/mol. The van der Waals surface area contributed by atoms with Gasteiger partial charge in [0.25, 0.3) is 5.91 Å². The van der Waals surface area contributed by atoms with E-state index in [1.807, 2.05) is 17.0 Å². The Kier molecular flexibility index (Phi) is 3.96. The Morgan fingerprint density at radius 3 is 2.67 bits per heavy atom. The highest BCUT2D eigenvalue weighted by Crippen LogP contribution is 2.17.